The largest absolute Gasteiger partial charge is 0.507 e. The fraction of sp³-hybridized carbons (Fsp3) is 0.240. The zero-order valence-corrected chi connectivity index (χ0v) is 18.2. The van der Waals surface area contributed by atoms with Crippen molar-refractivity contribution in [2.24, 2.45) is 0 Å². The van der Waals surface area contributed by atoms with Crippen LogP contribution in [0.4, 0.5) is 0 Å². The van der Waals surface area contributed by atoms with Crippen LogP contribution in [0.3, 0.4) is 0 Å². The summed E-state index contributed by atoms with van der Waals surface area (Å²) in [6, 6.07) is 16.6. The topological polar surface area (TPSA) is 114 Å². The number of likely N-dealkylation sites (N-methyl/N-ethyl adjacent to an activating group) is 1. The SMILES string of the molecule is CNC1CCN(C(=O)C(O)c2cccc(-c3cnc4n[nH]c(-c5ccccc5O)c4c3)c2)C1. The molecule has 1 aliphatic heterocycles. The van der Waals surface area contributed by atoms with Gasteiger partial charge in [0.1, 0.15) is 5.75 Å². The monoisotopic (exact) mass is 443 g/mol. The summed E-state index contributed by atoms with van der Waals surface area (Å²) < 4.78 is 0. The van der Waals surface area contributed by atoms with Crippen molar-refractivity contribution in [1.29, 1.82) is 0 Å². The minimum Gasteiger partial charge on any atom is -0.507 e. The van der Waals surface area contributed by atoms with E-state index in [4.69, 9.17) is 0 Å². The number of aromatic hydroxyl groups is 1. The highest BCUT2D eigenvalue weighted by molar-refractivity contribution is 5.94. The maximum absolute atomic E-state index is 12.8. The van der Waals surface area contributed by atoms with Gasteiger partial charge in [0.15, 0.2) is 11.8 Å². The Bertz CT molecular complexity index is 1320. The number of aliphatic hydroxyl groups is 1. The number of likely N-dealkylation sites (tertiary alicyclic amines) is 1. The number of carbonyl (C=O) groups excluding carboxylic acids is 1. The molecule has 1 fully saturated rings. The number of nitrogens with one attached hydrogen (secondary N) is 2. The van der Waals surface area contributed by atoms with Crippen molar-refractivity contribution in [3.05, 3.63) is 66.4 Å². The highest BCUT2D eigenvalue weighted by atomic mass is 16.3. The second kappa shape index (κ2) is 8.65. The summed E-state index contributed by atoms with van der Waals surface area (Å²) in [6.45, 7) is 1.24. The molecule has 5 rings (SSSR count). The van der Waals surface area contributed by atoms with Gasteiger partial charge in [-0.05, 0) is 48.9 Å². The lowest BCUT2D eigenvalue weighted by Gasteiger charge is -2.20. The van der Waals surface area contributed by atoms with Crippen molar-refractivity contribution in [2.75, 3.05) is 20.1 Å². The van der Waals surface area contributed by atoms with Gasteiger partial charge in [-0.3, -0.25) is 9.89 Å². The Kier molecular flexibility index (Phi) is 5.53. The van der Waals surface area contributed by atoms with Crippen LogP contribution in [0, 0.1) is 0 Å². The number of aliphatic hydroxyl groups excluding tert-OH is 1. The lowest BCUT2D eigenvalue weighted by Crippen LogP contribution is -2.36. The lowest BCUT2D eigenvalue weighted by atomic mass is 9.99. The molecule has 3 heterocycles. The first-order valence-corrected chi connectivity index (χ1v) is 10.9. The molecule has 2 atom stereocenters. The highest BCUT2D eigenvalue weighted by Gasteiger charge is 2.30. The molecule has 1 aliphatic rings. The van der Waals surface area contributed by atoms with E-state index in [0.717, 1.165) is 22.9 Å². The summed E-state index contributed by atoms with van der Waals surface area (Å²) in [7, 11) is 1.88. The Morgan fingerprint density at radius 1 is 1.18 bits per heavy atom. The number of carbonyl (C=O) groups is 1. The van der Waals surface area contributed by atoms with Crippen LogP contribution in [0.5, 0.6) is 5.75 Å². The van der Waals surface area contributed by atoms with Gasteiger partial charge in [-0.25, -0.2) is 4.98 Å². The number of aromatic nitrogens is 3. The number of H-pyrrole nitrogens is 1. The van der Waals surface area contributed by atoms with Gasteiger partial charge < -0.3 is 20.4 Å². The van der Waals surface area contributed by atoms with E-state index >= 15 is 0 Å². The number of pyridine rings is 1. The summed E-state index contributed by atoms with van der Waals surface area (Å²) in [6.07, 6.45) is 1.37. The summed E-state index contributed by atoms with van der Waals surface area (Å²) in [4.78, 5) is 19.0. The fourth-order valence-corrected chi connectivity index (χ4v) is 4.35. The average Bonchev–Trinajstić information content (AvgIpc) is 3.50. The maximum atomic E-state index is 12.8. The number of phenols is 1. The van der Waals surface area contributed by atoms with E-state index in [2.05, 4.69) is 20.5 Å². The molecular weight excluding hydrogens is 418 g/mol. The zero-order valence-electron chi connectivity index (χ0n) is 18.2. The van der Waals surface area contributed by atoms with E-state index < -0.39 is 6.10 Å². The van der Waals surface area contributed by atoms with Crippen molar-refractivity contribution in [3.63, 3.8) is 0 Å². The summed E-state index contributed by atoms with van der Waals surface area (Å²) in [5, 5.41) is 32.2. The van der Waals surface area contributed by atoms with Crippen LogP contribution in [-0.4, -0.2) is 62.4 Å². The number of fused-ring (bicyclic) bond motifs is 1. The quantitative estimate of drug-likeness (QED) is 0.377. The number of phenolic OH excluding ortho intramolecular Hbond substituents is 1. The number of hydrogen-bond donors (Lipinski definition) is 4. The van der Waals surface area contributed by atoms with Crippen molar-refractivity contribution in [3.8, 4) is 28.1 Å². The van der Waals surface area contributed by atoms with E-state index in [-0.39, 0.29) is 17.7 Å². The van der Waals surface area contributed by atoms with Gasteiger partial charge in [-0.2, -0.15) is 5.10 Å². The van der Waals surface area contributed by atoms with Gasteiger partial charge in [0.05, 0.1) is 5.69 Å². The Morgan fingerprint density at radius 2 is 2.03 bits per heavy atom. The van der Waals surface area contributed by atoms with Crippen LogP contribution < -0.4 is 5.32 Å². The normalized spacial score (nSPS) is 16.9. The minimum atomic E-state index is -1.22. The zero-order chi connectivity index (χ0) is 22.9. The Hall–Kier alpha value is -3.75. The molecule has 1 saturated heterocycles. The third-order valence-corrected chi connectivity index (χ3v) is 6.26. The molecule has 33 heavy (non-hydrogen) atoms. The first-order chi connectivity index (χ1) is 16.0. The number of amides is 1. The average molecular weight is 444 g/mol. The van der Waals surface area contributed by atoms with Crippen LogP contribution in [0.15, 0.2) is 60.8 Å². The Balaban J connectivity index is 1.46. The first-order valence-electron chi connectivity index (χ1n) is 10.9. The molecule has 0 spiro atoms. The molecule has 0 aliphatic carbocycles. The molecule has 4 aromatic rings. The summed E-state index contributed by atoms with van der Waals surface area (Å²) in [5.74, 6) is -0.130. The number of rotatable bonds is 5. The Morgan fingerprint density at radius 3 is 2.82 bits per heavy atom. The van der Waals surface area contributed by atoms with Gasteiger partial charge in [-0.15, -0.1) is 0 Å². The summed E-state index contributed by atoms with van der Waals surface area (Å²) >= 11 is 0. The molecule has 0 bridgehead atoms. The van der Waals surface area contributed by atoms with Crippen molar-refractivity contribution < 1.29 is 15.0 Å². The second-order valence-corrected chi connectivity index (χ2v) is 8.30. The van der Waals surface area contributed by atoms with Crippen LogP contribution in [0.2, 0.25) is 0 Å². The molecule has 2 aromatic heterocycles. The minimum absolute atomic E-state index is 0.152. The highest BCUT2D eigenvalue weighted by Crippen LogP contribution is 2.34. The molecule has 2 aromatic carbocycles. The fourth-order valence-electron chi connectivity index (χ4n) is 4.35. The molecule has 1 amide bonds. The van der Waals surface area contributed by atoms with Crippen molar-refractivity contribution >= 4 is 16.9 Å². The first kappa shape index (κ1) is 21.1. The number of nitrogens with zero attached hydrogens (tertiary/aromatic N) is 3. The molecule has 168 valence electrons. The number of para-hydroxylation sites is 1. The molecule has 8 heteroatoms. The number of hydrogen-bond acceptors (Lipinski definition) is 6. The van der Waals surface area contributed by atoms with Crippen molar-refractivity contribution in [2.45, 2.75) is 18.6 Å². The van der Waals surface area contributed by atoms with Gasteiger partial charge in [0.25, 0.3) is 5.91 Å². The summed E-state index contributed by atoms with van der Waals surface area (Å²) in [5.41, 5.74) is 4.04. The molecule has 8 nitrogen and oxygen atoms in total. The molecular formula is C25H25N5O3. The third-order valence-electron chi connectivity index (χ3n) is 6.26. The number of aromatic amines is 1. The molecule has 4 N–H and O–H groups in total. The van der Waals surface area contributed by atoms with Crippen molar-refractivity contribution in [1.82, 2.24) is 25.4 Å². The third kappa shape index (κ3) is 3.94. The molecule has 2 unspecified atom stereocenters. The predicted octanol–water partition coefficient (Wildman–Crippen LogP) is 2.85. The second-order valence-electron chi connectivity index (χ2n) is 8.30. The van der Waals surface area contributed by atoms with E-state index in [0.29, 0.717) is 35.6 Å². The van der Waals surface area contributed by atoms with E-state index in [1.165, 1.54) is 0 Å². The van der Waals surface area contributed by atoms with Crippen LogP contribution >= 0.6 is 0 Å². The maximum Gasteiger partial charge on any atom is 0.256 e. The smallest absolute Gasteiger partial charge is 0.256 e. The van der Waals surface area contributed by atoms with E-state index in [1.54, 1.807) is 29.3 Å². The Labute approximate surface area is 190 Å². The van der Waals surface area contributed by atoms with Crippen LogP contribution in [-0.2, 0) is 4.79 Å². The van der Waals surface area contributed by atoms with Gasteiger partial charge in [0.2, 0.25) is 0 Å². The van der Waals surface area contributed by atoms with Gasteiger partial charge in [-0.1, -0.05) is 30.3 Å². The predicted molar refractivity (Wildman–Crippen MR) is 125 cm³/mol. The molecule has 0 radical (unpaired) electrons. The van der Waals surface area contributed by atoms with E-state index in [1.807, 2.05) is 43.4 Å². The van der Waals surface area contributed by atoms with E-state index in [9.17, 15) is 15.0 Å². The lowest BCUT2D eigenvalue weighted by molar-refractivity contribution is -0.139. The standard InChI is InChI=1S/C25H25N5O3/c1-26-18-9-10-30(14-18)25(33)23(32)16-6-4-5-15(11-16)17-12-20-22(28-29-24(20)27-13-17)19-7-2-3-8-21(19)31/h2-8,11-13,18,23,26,31-32H,9-10,14H2,1H3,(H,27,28,29). The number of benzene rings is 2. The van der Waals surface area contributed by atoms with Crippen LogP contribution in [0.1, 0.15) is 18.1 Å². The van der Waals surface area contributed by atoms with Gasteiger partial charge >= 0.3 is 0 Å². The molecule has 0 saturated carbocycles. The van der Waals surface area contributed by atoms with Crippen LogP contribution in [0.25, 0.3) is 33.4 Å². The van der Waals surface area contributed by atoms with Gasteiger partial charge in [0, 0.05) is 41.8 Å².